The second-order valence-electron chi connectivity index (χ2n) is 5.87. The molecule has 122 valence electrons. The van der Waals surface area contributed by atoms with Gasteiger partial charge in [-0.05, 0) is 17.7 Å². The van der Waals surface area contributed by atoms with Crippen LogP contribution in [0.15, 0.2) is 36.5 Å². The van der Waals surface area contributed by atoms with Crippen LogP contribution < -0.4 is 10.5 Å². The molecule has 1 aliphatic carbocycles. The minimum Gasteiger partial charge on any atom is -0.497 e. The van der Waals surface area contributed by atoms with Crippen molar-refractivity contribution in [3.8, 4) is 5.75 Å². The first-order valence-electron chi connectivity index (χ1n) is 7.75. The fourth-order valence-corrected chi connectivity index (χ4v) is 3.47. The number of nitrogens with two attached hydrogens (primary N) is 1. The number of nitrogen functional groups attached to an aromatic ring is 1. The molecule has 2 heterocycles. The molecule has 0 fully saturated rings. The molecule has 0 saturated carbocycles. The molecule has 0 saturated heterocycles. The van der Waals surface area contributed by atoms with Gasteiger partial charge in [0.15, 0.2) is 5.82 Å². The number of pyridine rings is 1. The molecule has 1 atom stereocenters. The molecular formula is C18H17BrN4O. The van der Waals surface area contributed by atoms with E-state index in [9.17, 15) is 0 Å². The van der Waals surface area contributed by atoms with Gasteiger partial charge in [-0.3, -0.25) is 4.68 Å². The standard InChI is InChI=1S/C18H17BrN4O/c1-24-13-5-2-11(3-6-13)9-23-10-15-14-7-4-12(19)8-16(14)21-18(20)17(15)22-23/h2-7,10,12H,8-9H2,1H3,(H2,20,21). The second-order valence-corrected chi connectivity index (χ2v) is 7.05. The fourth-order valence-electron chi connectivity index (χ4n) is 3.02. The summed E-state index contributed by atoms with van der Waals surface area (Å²) >= 11 is 3.61. The predicted molar refractivity (Wildman–Crippen MR) is 99.5 cm³/mol. The van der Waals surface area contributed by atoms with Crippen LogP contribution >= 0.6 is 15.9 Å². The van der Waals surface area contributed by atoms with E-state index < -0.39 is 0 Å². The lowest BCUT2D eigenvalue weighted by Crippen LogP contribution is -2.09. The van der Waals surface area contributed by atoms with Crippen LogP contribution in [-0.4, -0.2) is 26.7 Å². The number of halogens is 1. The van der Waals surface area contributed by atoms with E-state index in [-0.39, 0.29) is 0 Å². The Hall–Kier alpha value is -2.34. The van der Waals surface area contributed by atoms with Crippen LogP contribution in [0.4, 0.5) is 5.82 Å². The number of ether oxygens (including phenoxy) is 1. The lowest BCUT2D eigenvalue weighted by molar-refractivity contribution is 0.414. The molecule has 1 aromatic carbocycles. The van der Waals surface area contributed by atoms with Crippen molar-refractivity contribution in [2.45, 2.75) is 17.8 Å². The number of aromatic nitrogens is 3. The number of nitrogens with zero attached hydrogens (tertiary/aromatic N) is 3. The van der Waals surface area contributed by atoms with Gasteiger partial charge in [-0.15, -0.1) is 0 Å². The minimum absolute atomic E-state index is 0.309. The molecule has 0 spiro atoms. The van der Waals surface area contributed by atoms with E-state index in [1.807, 2.05) is 28.9 Å². The molecule has 5 nitrogen and oxygen atoms in total. The highest BCUT2D eigenvalue weighted by molar-refractivity contribution is 9.09. The van der Waals surface area contributed by atoms with E-state index in [1.165, 1.54) is 0 Å². The molecule has 4 rings (SSSR count). The highest BCUT2D eigenvalue weighted by Crippen LogP contribution is 2.31. The topological polar surface area (TPSA) is 66.0 Å². The average Bonchev–Trinajstić information content (AvgIpc) is 3.00. The molecule has 24 heavy (non-hydrogen) atoms. The first-order chi connectivity index (χ1) is 11.6. The first-order valence-corrected chi connectivity index (χ1v) is 8.66. The normalized spacial score (nSPS) is 16.3. The SMILES string of the molecule is COc1ccc(Cn2cc3c4c(nc(N)c3n2)CC(Br)C=C4)cc1. The van der Waals surface area contributed by atoms with Crippen LogP contribution in [0.25, 0.3) is 17.0 Å². The number of fused-ring (bicyclic) bond motifs is 3. The van der Waals surface area contributed by atoms with Gasteiger partial charge in [0.1, 0.15) is 11.3 Å². The lowest BCUT2D eigenvalue weighted by atomic mass is 10.00. The Kier molecular flexibility index (Phi) is 3.76. The van der Waals surface area contributed by atoms with Crippen LogP contribution in [-0.2, 0) is 13.0 Å². The highest BCUT2D eigenvalue weighted by atomic mass is 79.9. The highest BCUT2D eigenvalue weighted by Gasteiger charge is 2.19. The van der Waals surface area contributed by atoms with E-state index in [2.05, 4.69) is 44.4 Å². The van der Waals surface area contributed by atoms with Gasteiger partial charge in [-0.25, -0.2) is 4.98 Å². The molecule has 1 unspecified atom stereocenters. The van der Waals surface area contributed by atoms with Gasteiger partial charge >= 0.3 is 0 Å². The van der Waals surface area contributed by atoms with E-state index in [1.54, 1.807) is 7.11 Å². The number of hydrogen-bond acceptors (Lipinski definition) is 4. The summed E-state index contributed by atoms with van der Waals surface area (Å²) in [7, 11) is 1.67. The van der Waals surface area contributed by atoms with Crippen LogP contribution in [0, 0.1) is 0 Å². The zero-order valence-corrected chi connectivity index (χ0v) is 14.8. The average molecular weight is 385 g/mol. The number of hydrogen-bond donors (Lipinski definition) is 1. The van der Waals surface area contributed by atoms with Gasteiger partial charge in [0.2, 0.25) is 0 Å². The smallest absolute Gasteiger partial charge is 0.152 e. The Morgan fingerprint density at radius 3 is 2.88 bits per heavy atom. The van der Waals surface area contributed by atoms with E-state index in [4.69, 9.17) is 10.5 Å². The summed E-state index contributed by atoms with van der Waals surface area (Å²) in [5.74, 6) is 1.34. The molecule has 6 heteroatoms. The van der Waals surface area contributed by atoms with Crippen LogP contribution in [0.5, 0.6) is 5.75 Å². The van der Waals surface area contributed by atoms with Crippen LogP contribution in [0.2, 0.25) is 0 Å². The summed E-state index contributed by atoms with van der Waals surface area (Å²) in [6, 6.07) is 7.99. The fraction of sp³-hybridized carbons (Fsp3) is 0.222. The Bertz CT molecular complexity index is 930. The Morgan fingerprint density at radius 1 is 1.33 bits per heavy atom. The summed E-state index contributed by atoms with van der Waals surface area (Å²) in [5.41, 5.74) is 10.2. The number of allylic oxidation sites excluding steroid dienone is 1. The van der Waals surface area contributed by atoms with E-state index in [0.29, 0.717) is 17.2 Å². The number of rotatable bonds is 3. The van der Waals surface area contributed by atoms with Crippen molar-refractivity contribution in [3.05, 3.63) is 53.4 Å². The van der Waals surface area contributed by atoms with Crippen molar-refractivity contribution in [1.29, 1.82) is 0 Å². The van der Waals surface area contributed by atoms with Gasteiger partial charge in [0, 0.05) is 28.4 Å². The zero-order chi connectivity index (χ0) is 16.7. The maximum atomic E-state index is 6.13. The van der Waals surface area contributed by atoms with Gasteiger partial charge in [-0.1, -0.05) is 40.2 Å². The number of anilines is 1. The maximum absolute atomic E-state index is 6.13. The molecule has 3 aromatic rings. The largest absolute Gasteiger partial charge is 0.497 e. The zero-order valence-electron chi connectivity index (χ0n) is 13.2. The van der Waals surface area contributed by atoms with Crippen LogP contribution in [0.1, 0.15) is 16.8 Å². The quantitative estimate of drug-likeness (QED) is 0.702. The number of alkyl halides is 1. The Balaban J connectivity index is 1.73. The van der Waals surface area contributed by atoms with E-state index in [0.717, 1.165) is 39.9 Å². The van der Waals surface area contributed by atoms with Crippen molar-refractivity contribution >= 4 is 38.7 Å². The third-order valence-electron chi connectivity index (χ3n) is 4.22. The van der Waals surface area contributed by atoms with Gasteiger partial charge in [0.05, 0.1) is 19.3 Å². The summed E-state index contributed by atoms with van der Waals surface area (Å²) in [6.45, 7) is 0.678. The molecule has 0 radical (unpaired) electrons. The predicted octanol–water partition coefficient (Wildman–Crippen LogP) is 3.40. The molecule has 2 N–H and O–H groups in total. The maximum Gasteiger partial charge on any atom is 0.152 e. The third-order valence-corrected chi connectivity index (χ3v) is 4.85. The first kappa shape index (κ1) is 15.2. The molecule has 2 aromatic heterocycles. The molecule has 0 aliphatic heterocycles. The van der Waals surface area contributed by atoms with Crippen molar-refractivity contribution in [1.82, 2.24) is 14.8 Å². The van der Waals surface area contributed by atoms with Crippen molar-refractivity contribution in [2.75, 3.05) is 12.8 Å². The summed E-state index contributed by atoms with van der Waals surface area (Å²) in [4.78, 5) is 4.85. The Morgan fingerprint density at radius 2 is 2.12 bits per heavy atom. The molecular weight excluding hydrogens is 368 g/mol. The van der Waals surface area contributed by atoms with Crippen molar-refractivity contribution in [3.63, 3.8) is 0 Å². The third kappa shape index (κ3) is 2.67. The minimum atomic E-state index is 0.309. The summed E-state index contributed by atoms with van der Waals surface area (Å²) in [5, 5.41) is 5.69. The lowest BCUT2D eigenvalue weighted by Gasteiger charge is -2.14. The number of benzene rings is 1. The molecule has 1 aliphatic rings. The van der Waals surface area contributed by atoms with E-state index >= 15 is 0 Å². The molecule has 0 amide bonds. The van der Waals surface area contributed by atoms with Gasteiger partial charge in [0.25, 0.3) is 0 Å². The summed E-state index contributed by atoms with van der Waals surface area (Å²) in [6.07, 6.45) is 7.14. The van der Waals surface area contributed by atoms with Gasteiger partial charge < -0.3 is 10.5 Å². The number of methoxy groups -OCH3 is 1. The monoisotopic (exact) mass is 384 g/mol. The van der Waals surface area contributed by atoms with Gasteiger partial charge in [-0.2, -0.15) is 5.10 Å². The summed E-state index contributed by atoms with van der Waals surface area (Å²) < 4.78 is 7.11. The van der Waals surface area contributed by atoms with Crippen molar-refractivity contribution in [2.24, 2.45) is 0 Å². The second kappa shape index (κ2) is 5.94. The van der Waals surface area contributed by atoms with Crippen LogP contribution in [0.3, 0.4) is 0 Å². The molecule has 0 bridgehead atoms. The van der Waals surface area contributed by atoms with Crippen molar-refractivity contribution < 1.29 is 4.74 Å². The Labute approximate surface area is 148 Å².